The Kier molecular flexibility index (Phi) is 3.05. The largest absolute Gasteiger partial charge is 0.387 e. The third-order valence-electron chi connectivity index (χ3n) is 2.16. The monoisotopic (exact) mass is 175 g/mol. The number of aliphatic hydroxyl groups excluding tert-OH is 1. The Morgan fingerprint density at radius 3 is 2.38 bits per heavy atom. The van der Waals surface area contributed by atoms with Gasteiger partial charge in [-0.15, -0.1) is 0 Å². The molecular weight excluding hydrogens is 162 g/mol. The Hall–Kier alpha value is -1.33. The van der Waals surface area contributed by atoms with E-state index in [1.165, 1.54) is 0 Å². The van der Waals surface area contributed by atoms with Gasteiger partial charge in [0, 0.05) is 0 Å². The van der Waals surface area contributed by atoms with Gasteiger partial charge in [0.1, 0.15) is 0 Å². The van der Waals surface area contributed by atoms with E-state index in [0.717, 1.165) is 16.7 Å². The zero-order valence-electron chi connectivity index (χ0n) is 7.91. The van der Waals surface area contributed by atoms with Gasteiger partial charge in [-0.1, -0.05) is 18.2 Å². The molecule has 0 saturated heterocycles. The summed E-state index contributed by atoms with van der Waals surface area (Å²) in [6.07, 6.45) is -0.489. The molecule has 0 fully saturated rings. The highest BCUT2D eigenvalue weighted by Crippen LogP contribution is 2.23. The van der Waals surface area contributed by atoms with Crippen molar-refractivity contribution in [3.05, 3.63) is 34.9 Å². The van der Waals surface area contributed by atoms with Crippen molar-refractivity contribution in [2.45, 2.75) is 26.4 Å². The van der Waals surface area contributed by atoms with E-state index in [9.17, 15) is 5.11 Å². The second kappa shape index (κ2) is 4.06. The fraction of sp³-hybridized carbons (Fsp3) is 0.364. The minimum atomic E-state index is -0.647. The van der Waals surface area contributed by atoms with Crippen LogP contribution in [0.1, 0.15) is 29.2 Å². The van der Waals surface area contributed by atoms with Crippen LogP contribution in [-0.4, -0.2) is 5.11 Å². The van der Waals surface area contributed by atoms with Crippen molar-refractivity contribution in [3.63, 3.8) is 0 Å². The van der Waals surface area contributed by atoms with E-state index in [1.807, 2.05) is 38.1 Å². The third kappa shape index (κ3) is 2.07. The SMILES string of the molecule is Cc1cccc(C)c1C(O)CC#N. The number of nitrogens with zero attached hydrogens (tertiary/aromatic N) is 1. The van der Waals surface area contributed by atoms with Crippen molar-refractivity contribution in [1.82, 2.24) is 0 Å². The Balaban J connectivity index is 3.06. The first kappa shape index (κ1) is 9.76. The molecule has 0 saturated carbocycles. The summed E-state index contributed by atoms with van der Waals surface area (Å²) in [6.45, 7) is 3.89. The highest BCUT2D eigenvalue weighted by molar-refractivity contribution is 5.35. The van der Waals surface area contributed by atoms with Crippen LogP contribution in [0.4, 0.5) is 0 Å². The topological polar surface area (TPSA) is 44.0 Å². The van der Waals surface area contributed by atoms with Crippen LogP contribution in [0, 0.1) is 25.2 Å². The lowest BCUT2D eigenvalue weighted by Crippen LogP contribution is -2.01. The summed E-state index contributed by atoms with van der Waals surface area (Å²) < 4.78 is 0. The van der Waals surface area contributed by atoms with Gasteiger partial charge in [-0.3, -0.25) is 0 Å². The number of nitriles is 1. The molecule has 13 heavy (non-hydrogen) atoms. The molecule has 0 spiro atoms. The van der Waals surface area contributed by atoms with E-state index in [2.05, 4.69) is 0 Å². The van der Waals surface area contributed by atoms with Gasteiger partial charge in [0.05, 0.1) is 18.6 Å². The second-order valence-electron chi connectivity index (χ2n) is 3.18. The van der Waals surface area contributed by atoms with Crippen molar-refractivity contribution in [2.24, 2.45) is 0 Å². The summed E-state index contributed by atoms with van der Waals surface area (Å²) in [4.78, 5) is 0. The van der Waals surface area contributed by atoms with Crippen molar-refractivity contribution in [3.8, 4) is 6.07 Å². The van der Waals surface area contributed by atoms with Gasteiger partial charge in [-0.2, -0.15) is 5.26 Å². The van der Waals surface area contributed by atoms with Crippen LogP contribution in [0.15, 0.2) is 18.2 Å². The average Bonchev–Trinajstić information content (AvgIpc) is 2.04. The molecule has 68 valence electrons. The predicted molar refractivity (Wildman–Crippen MR) is 51.1 cm³/mol. The van der Waals surface area contributed by atoms with E-state index in [0.29, 0.717) is 0 Å². The maximum absolute atomic E-state index is 9.66. The number of aliphatic hydroxyl groups is 1. The van der Waals surface area contributed by atoms with E-state index in [1.54, 1.807) is 0 Å². The van der Waals surface area contributed by atoms with Gasteiger partial charge in [0.15, 0.2) is 0 Å². The van der Waals surface area contributed by atoms with Crippen LogP contribution >= 0.6 is 0 Å². The number of hydrogen-bond donors (Lipinski definition) is 1. The van der Waals surface area contributed by atoms with E-state index < -0.39 is 6.10 Å². The molecule has 2 heteroatoms. The van der Waals surface area contributed by atoms with Gasteiger partial charge in [0.2, 0.25) is 0 Å². The zero-order chi connectivity index (χ0) is 9.84. The van der Waals surface area contributed by atoms with E-state index in [-0.39, 0.29) is 6.42 Å². The van der Waals surface area contributed by atoms with Gasteiger partial charge in [-0.05, 0) is 30.5 Å². The molecule has 0 aliphatic rings. The predicted octanol–water partition coefficient (Wildman–Crippen LogP) is 2.25. The number of benzene rings is 1. The Labute approximate surface area is 78.4 Å². The Morgan fingerprint density at radius 2 is 1.92 bits per heavy atom. The molecule has 2 nitrogen and oxygen atoms in total. The summed E-state index contributed by atoms with van der Waals surface area (Å²) in [5, 5.41) is 18.1. The van der Waals surface area contributed by atoms with E-state index in [4.69, 9.17) is 5.26 Å². The van der Waals surface area contributed by atoms with Crippen LogP contribution in [0.5, 0.6) is 0 Å². The number of hydrogen-bond acceptors (Lipinski definition) is 2. The minimum Gasteiger partial charge on any atom is -0.387 e. The van der Waals surface area contributed by atoms with Crippen molar-refractivity contribution in [1.29, 1.82) is 5.26 Å². The van der Waals surface area contributed by atoms with Crippen LogP contribution in [0.25, 0.3) is 0 Å². The second-order valence-corrected chi connectivity index (χ2v) is 3.18. The molecule has 0 radical (unpaired) electrons. The fourth-order valence-electron chi connectivity index (χ4n) is 1.54. The summed E-state index contributed by atoms with van der Waals surface area (Å²) in [5.74, 6) is 0. The minimum absolute atomic E-state index is 0.158. The number of aryl methyl sites for hydroxylation is 2. The molecular formula is C11H13NO. The molecule has 0 aliphatic carbocycles. The van der Waals surface area contributed by atoms with Gasteiger partial charge in [0.25, 0.3) is 0 Å². The molecule has 0 aromatic heterocycles. The molecule has 0 bridgehead atoms. The molecule has 0 aliphatic heterocycles. The number of rotatable bonds is 2. The van der Waals surface area contributed by atoms with Crippen LogP contribution in [-0.2, 0) is 0 Å². The van der Waals surface area contributed by atoms with Gasteiger partial charge < -0.3 is 5.11 Å². The summed E-state index contributed by atoms with van der Waals surface area (Å²) in [5.41, 5.74) is 2.98. The van der Waals surface area contributed by atoms with Crippen molar-refractivity contribution < 1.29 is 5.11 Å². The Bertz CT molecular complexity index is 318. The molecule has 1 aromatic carbocycles. The highest BCUT2D eigenvalue weighted by atomic mass is 16.3. The lowest BCUT2D eigenvalue weighted by atomic mass is 9.97. The zero-order valence-corrected chi connectivity index (χ0v) is 7.91. The Morgan fingerprint density at radius 1 is 1.38 bits per heavy atom. The summed E-state index contributed by atoms with van der Waals surface area (Å²) in [7, 11) is 0. The van der Waals surface area contributed by atoms with Gasteiger partial charge >= 0.3 is 0 Å². The standard InChI is InChI=1S/C11H13NO/c1-8-4-3-5-9(2)11(8)10(13)6-7-12/h3-5,10,13H,6H2,1-2H3. The summed E-state index contributed by atoms with van der Waals surface area (Å²) in [6, 6.07) is 7.82. The quantitative estimate of drug-likeness (QED) is 0.749. The van der Waals surface area contributed by atoms with Crippen LogP contribution in [0.2, 0.25) is 0 Å². The summed E-state index contributed by atoms with van der Waals surface area (Å²) >= 11 is 0. The van der Waals surface area contributed by atoms with Crippen molar-refractivity contribution >= 4 is 0 Å². The molecule has 1 atom stereocenters. The fourth-order valence-corrected chi connectivity index (χ4v) is 1.54. The highest BCUT2D eigenvalue weighted by Gasteiger charge is 2.11. The van der Waals surface area contributed by atoms with Crippen LogP contribution < -0.4 is 0 Å². The van der Waals surface area contributed by atoms with E-state index >= 15 is 0 Å². The normalized spacial score (nSPS) is 12.2. The molecule has 1 rings (SSSR count). The molecule has 1 unspecified atom stereocenters. The van der Waals surface area contributed by atoms with Crippen LogP contribution in [0.3, 0.4) is 0 Å². The lowest BCUT2D eigenvalue weighted by Gasteiger charge is -2.13. The molecule has 0 amide bonds. The smallest absolute Gasteiger partial charge is 0.0925 e. The first-order chi connectivity index (χ1) is 6.16. The molecule has 1 aromatic rings. The maximum Gasteiger partial charge on any atom is 0.0925 e. The first-order valence-corrected chi connectivity index (χ1v) is 4.28. The third-order valence-corrected chi connectivity index (χ3v) is 2.16. The van der Waals surface area contributed by atoms with Gasteiger partial charge in [-0.25, -0.2) is 0 Å². The average molecular weight is 175 g/mol. The lowest BCUT2D eigenvalue weighted by molar-refractivity contribution is 0.182. The maximum atomic E-state index is 9.66. The van der Waals surface area contributed by atoms with Crippen molar-refractivity contribution in [2.75, 3.05) is 0 Å². The molecule has 0 heterocycles. The first-order valence-electron chi connectivity index (χ1n) is 4.28. The molecule has 1 N–H and O–H groups in total.